The van der Waals surface area contributed by atoms with Gasteiger partial charge in [-0.05, 0) is 43.5 Å². The molecule has 0 spiro atoms. The molecule has 130 valence electrons. The van der Waals surface area contributed by atoms with E-state index in [2.05, 4.69) is 10.6 Å². The molecule has 0 aliphatic heterocycles. The quantitative estimate of drug-likeness (QED) is 0.876. The maximum absolute atomic E-state index is 12.4. The van der Waals surface area contributed by atoms with Gasteiger partial charge in [0.25, 0.3) is 11.8 Å². The first kappa shape index (κ1) is 17.2. The molecule has 0 heterocycles. The smallest absolute Gasteiger partial charge is 0.251 e. The summed E-state index contributed by atoms with van der Waals surface area (Å²) in [5, 5.41) is 5.97. The molecular weight excluding hydrogens is 312 g/mol. The Labute approximate surface area is 148 Å². The van der Waals surface area contributed by atoms with E-state index in [0.29, 0.717) is 17.7 Å². The van der Waals surface area contributed by atoms with Crippen LogP contribution in [0.2, 0.25) is 0 Å². The molecule has 25 heavy (non-hydrogen) atoms. The van der Waals surface area contributed by atoms with Crippen molar-refractivity contribution >= 4 is 11.8 Å². The highest BCUT2D eigenvalue weighted by molar-refractivity contribution is 5.99. The topological polar surface area (TPSA) is 58.2 Å². The second-order valence-corrected chi connectivity index (χ2v) is 6.71. The van der Waals surface area contributed by atoms with Crippen LogP contribution in [-0.2, 0) is 6.54 Å². The van der Waals surface area contributed by atoms with Crippen molar-refractivity contribution in [3.05, 3.63) is 70.8 Å². The lowest BCUT2D eigenvalue weighted by molar-refractivity contribution is 0.0938. The molecular formula is C21H24N2O2. The largest absolute Gasteiger partial charge is 0.349 e. The average Bonchev–Trinajstić information content (AvgIpc) is 3.13. The van der Waals surface area contributed by atoms with Crippen molar-refractivity contribution in [1.82, 2.24) is 10.6 Å². The number of carbonyl (C=O) groups is 2. The summed E-state index contributed by atoms with van der Waals surface area (Å²) in [4.78, 5) is 24.7. The number of carbonyl (C=O) groups excluding carboxylic acids is 2. The molecule has 0 saturated heterocycles. The first-order valence-electron chi connectivity index (χ1n) is 8.86. The predicted octanol–water partition coefficient (Wildman–Crippen LogP) is 3.60. The molecule has 1 aliphatic rings. The number of aryl methyl sites for hydroxylation is 1. The van der Waals surface area contributed by atoms with Crippen LogP contribution >= 0.6 is 0 Å². The minimum absolute atomic E-state index is 0.0970. The van der Waals surface area contributed by atoms with Crippen LogP contribution in [0, 0.1) is 6.92 Å². The standard InChI is InChI=1S/C21H24N2O2/c1-15-6-4-7-16(12-15)14-22-20(24)17-8-5-9-18(13-17)21(25)23-19-10-2-3-11-19/h4-9,12-13,19H,2-3,10-11,14H2,1H3,(H,22,24)(H,23,25). The Morgan fingerprint density at radius 2 is 1.64 bits per heavy atom. The van der Waals surface area contributed by atoms with E-state index < -0.39 is 0 Å². The molecule has 0 atom stereocenters. The van der Waals surface area contributed by atoms with Crippen LogP contribution in [0.15, 0.2) is 48.5 Å². The third kappa shape index (κ3) is 4.69. The van der Waals surface area contributed by atoms with Crippen molar-refractivity contribution in [2.75, 3.05) is 0 Å². The molecule has 4 heteroatoms. The number of hydrogen-bond donors (Lipinski definition) is 2. The average molecular weight is 336 g/mol. The zero-order chi connectivity index (χ0) is 17.6. The van der Waals surface area contributed by atoms with Crippen LogP contribution in [0.3, 0.4) is 0 Å². The van der Waals surface area contributed by atoms with Gasteiger partial charge in [0.05, 0.1) is 0 Å². The minimum Gasteiger partial charge on any atom is -0.349 e. The van der Waals surface area contributed by atoms with Crippen molar-refractivity contribution in [2.24, 2.45) is 0 Å². The lowest BCUT2D eigenvalue weighted by atomic mass is 10.1. The summed E-state index contributed by atoms with van der Waals surface area (Å²) in [6, 6.07) is 15.2. The first-order valence-corrected chi connectivity index (χ1v) is 8.86. The summed E-state index contributed by atoms with van der Waals surface area (Å²) >= 11 is 0. The van der Waals surface area contributed by atoms with Crippen LogP contribution < -0.4 is 10.6 Å². The maximum atomic E-state index is 12.4. The zero-order valence-electron chi connectivity index (χ0n) is 14.5. The Balaban J connectivity index is 1.61. The summed E-state index contributed by atoms with van der Waals surface area (Å²) in [5.41, 5.74) is 3.27. The van der Waals surface area contributed by atoms with E-state index in [-0.39, 0.29) is 17.9 Å². The molecule has 0 aromatic heterocycles. The lowest BCUT2D eigenvalue weighted by Gasteiger charge is -2.12. The highest BCUT2D eigenvalue weighted by Gasteiger charge is 2.18. The summed E-state index contributed by atoms with van der Waals surface area (Å²) in [6.07, 6.45) is 4.43. The Bertz CT molecular complexity index is 764. The van der Waals surface area contributed by atoms with Crippen LogP contribution in [-0.4, -0.2) is 17.9 Å². The van der Waals surface area contributed by atoms with Crippen molar-refractivity contribution in [3.63, 3.8) is 0 Å². The second-order valence-electron chi connectivity index (χ2n) is 6.71. The fraction of sp³-hybridized carbons (Fsp3) is 0.333. The molecule has 0 unspecified atom stereocenters. The molecule has 1 saturated carbocycles. The summed E-state index contributed by atoms with van der Waals surface area (Å²) in [7, 11) is 0. The zero-order valence-corrected chi connectivity index (χ0v) is 14.5. The highest BCUT2D eigenvalue weighted by Crippen LogP contribution is 2.18. The van der Waals surface area contributed by atoms with E-state index in [0.717, 1.165) is 24.0 Å². The normalized spacial score (nSPS) is 14.3. The summed E-state index contributed by atoms with van der Waals surface area (Å²) in [6.45, 7) is 2.50. The van der Waals surface area contributed by atoms with Crippen molar-refractivity contribution in [2.45, 2.75) is 45.2 Å². The summed E-state index contributed by atoms with van der Waals surface area (Å²) < 4.78 is 0. The number of nitrogens with one attached hydrogen (secondary N) is 2. The molecule has 1 aliphatic carbocycles. The second kappa shape index (κ2) is 7.97. The van der Waals surface area contributed by atoms with Crippen molar-refractivity contribution < 1.29 is 9.59 Å². The highest BCUT2D eigenvalue weighted by atomic mass is 16.2. The van der Waals surface area contributed by atoms with Gasteiger partial charge >= 0.3 is 0 Å². The number of rotatable bonds is 5. The number of benzene rings is 2. The van der Waals surface area contributed by atoms with Gasteiger partial charge < -0.3 is 10.6 Å². The molecule has 0 radical (unpaired) electrons. The van der Waals surface area contributed by atoms with Gasteiger partial charge in [-0.1, -0.05) is 48.7 Å². The van der Waals surface area contributed by atoms with Gasteiger partial charge in [0.1, 0.15) is 0 Å². The van der Waals surface area contributed by atoms with Crippen LogP contribution in [0.5, 0.6) is 0 Å². The maximum Gasteiger partial charge on any atom is 0.251 e. The third-order valence-corrected chi connectivity index (χ3v) is 4.61. The molecule has 2 aromatic rings. The van der Waals surface area contributed by atoms with Crippen LogP contribution in [0.25, 0.3) is 0 Å². The van der Waals surface area contributed by atoms with E-state index in [4.69, 9.17) is 0 Å². The Morgan fingerprint density at radius 1 is 0.960 bits per heavy atom. The predicted molar refractivity (Wildman–Crippen MR) is 98.5 cm³/mol. The lowest BCUT2D eigenvalue weighted by Crippen LogP contribution is -2.32. The number of hydrogen-bond acceptors (Lipinski definition) is 2. The van der Waals surface area contributed by atoms with E-state index in [1.54, 1.807) is 24.3 Å². The minimum atomic E-state index is -0.169. The Morgan fingerprint density at radius 3 is 2.36 bits per heavy atom. The molecule has 0 bridgehead atoms. The third-order valence-electron chi connectivity index (χ3n) is 4.61. The fourth-order valence-corrected chi connectivity index (χ4v) is 3.25. The van der Waals surface area contributed by atoms with Gasteiger partial charge in [-0.2, -0.15) is 0 Å². The van der Waals surface area contributed by atoms with Gasteiger partial charge in [0.2, 0.25) is 0 Å². The SMILES string of the molecule is Cc1cccc(CNC(=O)c2cccc(C(=O)NC3CCCC3)c2)c1. The fourth-order valence-electron chi connectivity index (χ4n) is 3.25. The molecule has 2 N–H and O–H groups in total. The molecule has 2 amide bonds. The monoisotopic (exact) mass is 336 g/mol. The molecule has 4 nitrogen and oxygen atoms in total. The molecule has 1 fully saturated rings. The van der Waals surface area contributed by atoms with Crippen molar-refractivity contribution in [1.29, 1.82) is 0 Å². The van der Waals surface area contributed by atoms with Gasteiger partial charge in [-0.15, -0.1) is 0 Å². The first-order chi connectivity index (χ1) is 12.1. The summed E-state index contributed by atoms with van der Waals surface area (Å²) in [5.74, 6) is -0.266. The van der Waals surface area contributed by atoms with Gasteiger partial charge in [0.15, 0.2) is 0 Å². The molecule has 3 rings (SSSR count). The van der Waals surface area contributed by atoms with Crippen LogP contribution in [0.4, 0.5) is 0 Å². The van der Waals surface area contributed by atoms with E-state index in [1.807, 2.05) is 31.2 Å². The van der Waals surface area contributed by atoms with E-state index in [1.165, 1.54) is 12.8 Å². The van der Waals surface area contributed by atoms with Gasteiger partial charge in [-0.3, -0.25) is 9.59 Å². The Hall–Kier alpha value is -2.62. The molecule has 2 aromatic carbocycles. The van der Waals surface area contributed by atoms with Gasteiger partial charge in [-0.25, -0.2) is 0 Å². The van der Waals surface area contributed by atoms with E-state index >= 15 is 0 Å². The van der Waals surface area contributed by atoms with Gasteiger partial charge in [0, 0.05) is 23.7 Å². The van der Waals surface area contributed by atoms with Crippen molar-refractivity contribution in [3.8, 4) is 0 Å². The van der Waals surface area contributed by atoms with E-state index in [9.17, 15) is 9.59 Å². The Kier molecular flexibility index (Phi) is 5.49. The van der Waals surface area contributed by atoms with Crippen LogP contribution in [0.1, 0.15) is 57.5 Å². The number of amides is 2.